The molecule has 0 radical (unpaired) electrons. The highest BCUT2D eigenvalue weighted by Gasteiger charge is 2.34. The summed E-state index contributed by atoms with van der Waals surface area (Å²) < 4.78 is 40.1. The number of methoxy groups -OCH3 is 1. The van der Waals surface area contributed by atoms with E-state index >= 15 is 0 Å². The molecule has 0 saturated carbocycles. The summed E-state index contributed by atoms with van der Waals surface area (Å²) in [7, 11) is -2.64. The number of ether oxygens (including phenoxy) is 2. The zero-order valence-corrected chi connectivity index (χ0v) is 25.1. The van der Waals surface area contributed by atoms with Crippen molar-refractivity contribution < 1.29 is 27.5 Å². The number of nitrogens with one attached hydrogen (secondary N) is 1. The number of benzene rings is 3. The molecular weight excluding hydrogens is 542 g/mol. The van der Waals surface area contributed by atoms with Crippen LogP contribution in [-0.2, 0) is 26.2 Å². The summed E-state index contributed by atoms with van der Waals surface area (Å²) in [5, 5.41) is 2.93. The zero-order chi connectivity index (χ0) is 30.0. The van der Waals surface area contributed by atoms with Gasteiger partial charge in [-0.1, -0.05) is 49.4 Å². The molecule has 2 amide bonds. The molecule has 0 heterocycles. The van der Waals surface area contributed by atoms with E-state index in [-0.39, 0.29) is 29.1 Å². The van der Waals surface area contributed by atoms with Gasteiger partial charge in [0.15, 0.2) is 0 Å². The van der Waals surface area contributed by atoms with E-state index in [4.69, 9.17) is 9.47 Å². The van der Waals surface area contributed by atoms with Crippen LogP contribution < -0.4 is 19.1 Å². The van der Waals surface area contributed by atoms with Gasteiger partial charge >= 0.3 is 0 Å². The van der Waals surface area contributed by atoms with E-state index < -0.39 is 28.5 Å². The van der Waals surface area contributed by atoms with Crippen molar-refractivity contribution in [3.8, 4) is 11.5 Å². The van der Waals surface area contributed by atoms with Gasteiger partial charge in [0, 0.05) is 12.6 Å². The Morgan fingerprint density at radius 1 is 0.927 bits per heavy atom. The topological polar surface area (TPSA) is 105 Å². The summed E-state index contributed by atoms with van der Waals surface area (Å²) in [6, 6.07) is 20.8. The molecule has 2 atom stereocenters. The van der Waals surface area contributed by atoms with E-state index in [2.05, 4.69) is 5.32 Å². The minimum Gasteiger partial charge on any atom is -0.497 e. The Balaban J connectivity index is 2.07. The molecule has 220 valence electrons. The maximum atomic E-state index is 14.1. The fraction of sp³-hybridized carbons (Fsp3) is 0.355. The molecule has 3 aromatic carbocycles. The predicted octanol–water partition coefficient (Wildman–Crippen LogP) is 4.62. The molecule has 0 bridgehead atoms. The van der Waals surface area contributed by atoms with Crippen molar-refractivity contribution in [2.45, 2.75) is 57.6 Å². The number of hydrogen-bond donors (Lipinski definition) is 1. The van der Waals surface area contributed by atoms with E-state index in [1.165, 1.54) is 17.0 Å². The minimum absolute atomic E-state index is 0.0287. The molecule has 0 saturated heterocycles. The number of sulfonamides is 1. The maximum absolute atomic E-state index is 14.1. The molecule has 0 fully saturated rings. The van der Waals surface area contributed by atoms with Crippen LogP contribution in [0.15, 0.2) is 83.8 Å². The smallest absolute Gasteiger partial charge is 0.264 e. The summed E-state index contributed by atoms with van der Waals surface area (Å²) in [4.78, 5) is 28.7. The van der Waals surface area contributed by atoms with Crippen molar-refractivity contribution in [2.75, 3.05) is 24.6 Å². The number of carbonyl (C=O) groups is 2. The van der Waals surface area contributed by atoms with Gasteiger partial charge in [0.1, 0.15) is 24.1 Å². The van der Waals surface area contributed by atoms with Crippen molar-refractivity contribution in [3.63, 3.8) is 0 Å². The van der Waals surface area contributed by atoms with Crippen LogP contribution in [0.1, 0.15) is 39.7 Å². The quantitative estimate of drug-likeness (QED) is 0.298. The van der Waals surface area contributed by atoms with Gasteiger partial charge in [-0.05, 0) is 69.2 Å². The van der Waals surface area contributed by atoms with Gasteiger partial charge in [-0.15, -0.1) is 0 Å². The minimum atomic E-state index is -4.19. The normalized spacial score (nSPS) is 12.6. The van der Waals surface area contributed by atoms with Crippen LogP contribution in [0.4, 0.5) is 5.69 Å². The highest BCUT2D eigenvalue weighted by molar-refractivity contribution is 7.92. The predicted molar refractivity (Wildman–Crippen MR) is 159 cm³/mol. The van der Waals surface area contributed by atoms with Gasteiger partial charge in [0.25, 0.3) is 10.0 Å². The lowest BCUT2D eigenvalue weighted by atomic mass is 10.1. The molecule has 0 aliphatic heterocycles. The lowest BCUT2D eigenvalue weighted by Gasteiger charge is -2.33. The zero-order valence-electron chi connectivity index (χ0n) is 24.2. The first-order valence-electron chi connectivity index (χ1n) is 13.6. The number of anilines is 1. The Labute approximate surface area is 243 Å². The van der Waals surface area contributed by atoms with Crippen molar-refractivity contribution in [1.29, 1.82) is 0 Å². The number of amides is 2. The largest absolute Gasteiger partial charge is 0.497 e. The van der Waals surface area contributed by atoms with Gasteiger partial charge in [-0.25, -0.2) is 8.42 Å². The molecule has 1 N–H and O–H groups in total. The molecule has 0 aromatic heterocycles. The summed E-state index contributed by atoms with van der Waals surface area (Å²) in [5.74, 6) is 0.0444. The SMILES string of the molecule is CCOc1ccccc1N(CC(=O)N(Cc1cccc(OC)c1)[C@@H](C)C(=O)N[C@H](C)CC)S(=O)(=O)c1ccccc1. The van der Waals surface area contributed by atoms with Crippen LogP contribution in [0.5, 0.6) is 11.5 Å². The molecule has 0 spiro atoms. The molecule has 3 rings (SSSR count). The van der Waals surface area contributed by atoms with Gasteiger partial charge in [0.05, 0.1) is 24.3 Å². The fourth-order valence-corrected chi connectivity index (χ4v) is 5.64. The van der Waals surface area contributed by atoms with E-state index in [1.54, 1.807) is 81.6 Å². The summed E-state index contributed by atoms with van der Waals surface area (Å²) in [6.07, 6.45) is 0.722. The van der Waals surface area contributed by atoms with E-state index in [0.29, 0.717) is 18.1 Å². The van der Waals surface area contributed by atoms with Crippen molar-refractivity contribution >= 4 is 27.5 Å². The Kier molecular flexibility index (Phi) is 11.2. The number of para-hydroxylation sites is 2. The number of carbonyl (C=O) groups excluding carboxylic acids is 2. The molecule has 3 aromatic rings. The van der Waals surface area contributed by atoms with Crippen molar-refractivity contribution in [3.05, 3.63) is 84.4 Å². The standard InChI is InChI=1S/C31H39N3O6S/c1-6-23(3)32-31(36)24(4)33(21-25-14-13-15-26(20-25)39-5)30(35)22-34(28-18-11-12-19-29(28)40-7-2)41(37,38)27-16-9-8-10-17-27/h8-20,23-24H,6-7,21-22H2,1-5H3,(H,32,36)/t23-,24+/m1/s1. The molecular formula is C31H39N3O6S. The van der Waals surface area contributed by atoms with Gasteiger partial charge < -0.3 is 19.7 Å². The van der Waals surface area contributed by atoms with E-state index in [9.17, 15) is 18.0 Å². The fourth-order valence-electron chi connectivity index (χ4n) is 4.19. The monoisotopic (exact) mass is 581 g/mol. The van der Waals surface area contributed by atoms with Gasteiger partial charge in [-0.2, -0.15) is 0 Å². The molecule has 10 heteroatoms. The second kappa shape index (κ2) is 14.5. The van der Waals surface area contributed by atoms with Crippen LogP contribution in [-0.4, -0.2) is 57.5 Å². The molecule has 9 nitrogen and oxygen atoms in total. The number of nitrogens with zero attached hydrogens (tertiary/aromatic N) is 2. The first kappa shape index (κ1) is 31.5. The highest BCUT2D eigenvalue weighted by atomic mass is 32.2. The third-order valence-corrected chi connectivity index (χ3v) is 8.47. The molecule has 0 aliphatic carbocycles. The average Bonchev–Trinajstić information content (AvgIpc) is 2.99. The lowest BCUT2D eigenvalue weighted by Crippen LogP contribution is -2.52. The molecule has 0 unspecified atom stereocenters. The second-order valence-corrected chi connectivity index (χ2v) is 11.5. The van der Waals surface area contributed by atoms with Crippen LogP contribution in [0, 0.1) is 0 Å². The Morgan fingerprint density at radius 3 is 2.27 bits per heavy atom. The molecule has 0 aliphatic rings. The third kappa shape index (κ3) is 8.00. The Hall–Kier alpha value is -4.05. The average molecular weight is 582 g/mol. The summed E-state index contributed by atoms with van der Waals surface area (Å²) >= 11 is 0. The lowest BCUT2D eigenvalue weighted by molar-refractivity contribution is -0.139. The molecule has 41 heavy (non-hydrogen) atoms. The summed E-state index contributed by atoms with van der Waals surface area (Å²) in [6.45, 7) is 7.10. The van der Waals surface area contributed by atoms with Crippen LogP contribution in [0.3, 0.4) is 0 Å². The number of rotatable bonds is 14. The van der Waals surface area contributed by atoms with Crippen molar-refractivity contribution in [1.82, 2.24) is 10.2 Å². The first-order chi connectivity index (χ1) is 19.6. The van der Waals surface area contributed by atoms with Crippen molar-refractivity contribution in [2.24, 2.45) is 0 Å². The maximum Gasteiger partial charge on any atom is 0.264 e. The van der Waals surface area contributed by atoms with Gasteiger partial charge in [0.2, 0.25) is 11.8 Å². The first-order valence-corrected chi connectivity index (χ1v) is 15.1. The van der Waals surface area contributed by atoms with E-state index in [0.717, 1.165) is 16.3 Å². The summed E-state index contributed by atoms with van der Waals surface area (Å²) in [5.41, 5.74) is 0.956. The van der Waals surface area contributed by atoms with Gasteiger partial charge in [-0.3, -0.25) is 13.9 Å². The highest BCUT2D eigenvalue weighted by Crippen LogP contribution is 2.33. The second-order valence-electron chi connectivity index (χ2n) is 9.59. The van der Waals surface area contributed by atoms with Crippen LogP contribution >= 0.6 is 0 Å². The van der Waals surface area contributed by atoms with Crippen LogP contribution in [0.25, 0.3) is 0 Å². The third-order valence-electron chi connectivity index (χ3n) is 6.70. The number of hydrogen-bond acceptors (Lipinski definition) is 6. The Morgan fingerprint density at radius 2 is 1.61 bits per heavy atom. The Bertz CT molecular complexity index is 1410. The van der Waals surface area contributed by atoms with E-state index in [1.807, 2.05) is 19.9 Å². The van der Waals surface area contributed by atoms with Crippen LogP contribution in [0.2, 0.25) is 0 Å².